The normalized spacial score (nSPS) is 10.2. The van der Waals surface area contributed by atoms with Gasteiger partial charge in [-0.25, -0.2) is 0 Å². The molecule has 0 atom stereocenters. The molecule has 3 amide bonds. The molecule has 0 aliphatic heterocycles. The van der Waals surface area contributed by atoms with Gasteiger partial charge in [-0.1, -0.05) is 0 Å². The van der Waals surface area contributed by atoms with E-state index in [2.05, 4.69) is 21.3 Å². The van der Waals surface area contributed by atoms with Crippen LogP contribution in [0.5, 0.6) is 0 Å². The minimum Gasteiger partial charge on any atom is -0.467 e. The van der Waals surface area contributed by atoms with Crippen molar-refractivity contribution < 1.29 is 18.8 Å². The summed E-state index contributed by atoms with van der Waals surface area (Å²) in [5, 5.41) is 11.2. The lowest BCUT2D eigenvalue weighted by Gasteiger charge is -2.09. The van der Waals surface area contributed by atoms with Gasteiger partial charge in [0.1, 0.15) is 5.76 Å². The second-order valence-electron chi connectivity index (χ2n) is 6.50. The second-order valence-corrected chi connectivity index (χ2v) is 6.50. The minimum absolute atomic E-state index is 0.0743. The third-order valence-corrected chi connectivity index (χ3v) is 4.09. The van der Waals surface area contributed by atoms with Gasteiger partial charge in [0.25, 0.3) is 5.91 Å². The molecule has 30 heavy (non-hydrogen) atoms. The molecule has 0 bridgehead atoms. The molecule has 0 saturated heterocycles. The number of carbonyl (C=O) groups is 3. The van der Waals surface area contributed by atoms with Gasteiger partial charge in [-0.05, 0) is 60.7 Å². The highest BCUT2D eigenvalue weighted by atomic mass is 16.3. The van der Waals surface area contributed by atoms with Gasteiger partial charge in [-0.15, -0.1) is 0 Å². The van der Waals surface area contributed by atoms with Crippen LogP contribution < -0.4 is 21.3 Å². The highest BCUT2D eigenvalue weighted by Gasteiger charge is 2.08. The number of hydrogen-bond donors (Lipinski definition) is 4. The Hall–Kier alpha value is -4.07. The van der Waals surface area contributed by atoms with E-state index in [4.69, 9.17) is 4.42 Å². The summed E-state index contributed by atoms with van der Waals surface area (Å²) in [7, 11) is 0. The SMILES string of the molecule is CC(=O)Nc1ccc(NCC(=O)Nc2ccc(C(=O)NCc3ccco3)cc2)cc1. The Kier molecular flexibility index (Phi) is 6.83. The molecule has 0 fully saturated rings. The van der Waals surface area contributed by atoms with Crippen molar-refractivity contribution in [1.29, 1.82) is 0 Å². The van der Waals surface area contributed by atoms with E-state index in [0.29, 0.717) is 29.2 Å². The van der Waals surface area contributed by atoms with Crippen LogP contribution in [0.3, 0.4) is 0 Å². The fourth-order valence-corrected chi connectivity index (χ4v) is 2.65. The summed E-state index contributed by atoms with van der Waals surface area (Å²) >= 11 is 0. The van der Waals surface area contributed by atoms with Gasteiger partial charge in [0.2, 0.25) is 11.8 Å². The van der Waals surface area contributed by atoms with E-state index in [0.717, 1.165) is 5.69 Å². The Morgan fingerprint density at radius 3 is 2.10 bits per heavy atom. The highest BCUT2D eigenvalue weighted by molar-refractivity contribution is 5.96. The molecule has 8 nitrogen and oxygen atoms in total. The van der Waals surface area contributed by atoms with E-state index in [9.17, 15) is 14.4 Å². The Labute approximate surface area is 173 Å². The summed E-state index contributed by atoms with van der Waals surface area (Å²) in [4.78, 5) is 35.3. The van der Waals surface area contributed by atoms with Crippen molar-refractivity contribution in [3.63, 3.8) is 0 Å². The smallest absolute Gasteiger partial charge is 0.251 e. The molecule has 1 aromatic heterocycles. The lowest BCUT2D eigenvalue weighted by Crippen LogP contribution is -2.23. The topological polar surface area (TPSA) is 112 Å². The fourth-order valence-electron chi connectivity index (χ4n) is 2.65. The van der Waals surface area contributed by atoms with Gasteiger partial charge in [0.15, 0.2) is 0 Å². The average Bonchev–Trinajstić information content (AvgIpc) is 3.25. The van der Waals surface area contributed by atoms with Gasteiger partial charge < -0.3 is 25.7 Å². The van der Waals surface area contributed by atoms with Crippen molar-refractivity contribution in [3.05, 3.63) is 78.3 Å². The van der Waals surface area contributed by atoms with Crippen LogP contribution in [0.1, 0.15) is 23.0 Å². The van der Waals surface area contributed by atoms with Crippen molar-refractivity contribution in [2.75, 3.05) is 22.5 Å². The molecule has 3 aromatic rings. The van der Waals surface area contributed by atoms with E-state index in [-0.39, 0.29) is 24.3 Å². The van der Waals surface area contributed by atoms with E-state index in [1.54, 1.807) is 66.9 Å². The predicted octanol–water partition coefficient (Wildman–Crippen LogP) is 3.22. The molecule has 0 aliphatic carbocycles. The lowest BCUT2D eigenvalue weighted by atomic mass is 10.2. The van der Waals surface area contributed by atoms with Gasteiger partial charge in [0.05, 0.1) is 19.4 Å². The molecular formula is C22H22N4O4. The van der Waals surface area contributed by atoms with Crippen LogP contribution >= 0.6 is 0 Å². The van der Waals surface area contributed by atoms with Crippen LogP contribution in [0.25, 0.3) is 0 Å². The molecule has 0 spiro atoms. The van der Waals surface area contributed by atoms with Crippen LogP contribution in [0.2, 0.25) is 0 Å². The van der Waals surface area contributed by atoms with Gasteiger partial charge in [-0.3, -0.25) is 14.4 Å². The zero-order chi connectivity index (χ0) is 21.3. The third kappa shape index (κ3) is 6.23. The van der Waals surface area contributed by atoms with Crippen LogP contribution in [-0.2, 0) is 16.1 Å². The lowest BCUT2D eigenvalue weighted by molar-refractivity contribution is -0.115. The molecule has 0 radical (unpaired) electrons. The molecule has 0 saturated carbocycles. The number of anilines is 3. The molecule has 8 heteroatoms. The van der Waals surface area contributed by atoms with Crippen molar-refractivity contribution in [1.82, 2.24) is 5.32 Å². The summed E-state index contributed by atoms with van der Waals surface area (Å²) in [6.45, 7) is 1.82. The third-order valence-electron chi connectivity index (χ3n) is 4.09. The quantitative estimate of drug-likeness (QED) is 0.459. The Balaban J connectivity index is 1.44. The highest BCUT2D eigenvalue weighted by Crippen LogP contribution is 2.14. The average molecular weight is 406 g/mol. The first kappa shape index (κ1) is 20.7. The zero-order valence-corrected chi connectivity index (χ0v) is 16.4. The minimum atomic E-state index is -0.228. The molecule has 154 valence electrons. The summed E-state index contributed by atoms with van der Waals surface area (Å²) in [5.74, 6) is 0.0743. The number of amides is 3. The molecule has 4 N–H and O–H groups in total. The maximum atomic E-state index is 12.1. The first-order chi connectivity index (χ1) is 14.5. The van der Waals surface area contributed by atoms with Crippen molar-refractivity contribution in [3.8, 4) is 0 Å². The van der Waals surface area contributed by atoms with E-state index in [1.807, 2.05) is 0 Å². The largest absolute Gasteiger partial charge is 0.467 e. The number of benzene rings is 2. The molecular weight excluding hydrogens is 384 g/mol. The van der Waals surface area contributed by atoms with Crippen LogP contribution in [0.4, 0.5) is 17.1 Å². The van der Waals surface area contributed by atoms with Crippen molar-refractivity contribution >= 4 is 34.8 Å². The summed E-state index contributed by atoms with van der Waals surface area (Å²) in [6, 6.07) is 17.2. The van der Waals surface area contributed by atoms with E-state index < -0.39 is 0 Å². The van der Waals surface area contributed by atoms with Crippen LogP contribution in [-0.4, -0.2) is 24.3 Å². The van der Waals surface area contributed by atoms with Crippen molar-refractivity contribution in [2.45, 2.75) is 13.5 Å². The molecule has 2 aromatic carbocycles. The molecule has 1 heterocycles. The predicted molar refractivity (Wildman–Crippen MR) is 114 cm³/mol. The zero-order valence-electron chi connectivity index (χ0n) is 16.4. The number of carbonyl (C=O) groups excluding carboxylic acids is 3. The first-order valence-electron chi connectivity index (χ1n) is 9.31. The molecule has 3 rings (SSSR count). The number of rotatable bonds is 8. The van der Waals surface area contributed by atoms with Crippen molar-refractivity contribution in [2.24, 2.45) is 0 Å². The van der Waals surface area contributed by atoms with Gasteiger partial charge in [0, 0.05) is 29.5 Å². The first-order valence-corrected chi connectivity index (χ1v) is 9.31. The Bertz CT molecular complexity index is 997. The second kappa shape index (κ2) is 9.92. The number of furan rings is 1. The summed E-state index contributed by atoms with van der Waals surface area (Å²) in [5.41, 5.74) is 2.51. The summed E-state index contributed by atoms with van der Waals surface area (Å²) < 4.78 is 5.17. The maximum Gasteiger partial charge on any atom is 0.251 e. The van der Waals surface area contributed by atoms with Gasteiger partial charge >= 0.3 is 0 Å². The van der Waals surface area contributed by atoms with Gasteiger partial charge in [-0.2, -0.15) is 0 Å². The number of nitrogens with one attached hydrogen (secondary N) is 4. The van der Waals surface area contributed by atoms with E-state index in [1.165, 1.54) is 6.92 Å². The monoisotopic (exact) mass is 406 g/mol. The van der Waals surface area contributed by atoms with E-state index >= 15 is 0 Å². The molecule has 0 unspecified atom stereocenters. The standard InChI is InChI=1S/C22H22N4O4/c1-15(27)25-18-10-8-17(9-11-18)23-14-21(28)26-19-6-4-16(5-7-19)22(29)24-13-20-3-2-12-30-20/h2-12,23H,13-14H2,1H3,(H,24,29)(H,25,27)(H,26,28). The molecule has 0 aliphatic rings. The van der Waals surface area contributed by atoms with Crippen LogP contribution in [0, 0.1) is 0 Å². The maximum absolute atomic E-state index is 12.1. The fraction of sp³-hybridized carbons (Fsp3) is 0.136. The Morgan fingerprint density at radius 1 is 0.833 bits per heavy atom. The Morgan fingerprint density at radius 2 is 1.47 bits per heavy atom. The summed E-state index contributed by atoms with van der Waals surface area (Å²) in [6.07, 6.45) is 1.55. The van der Waals surface area contributed by atoms with Crippen LogP contribution in [0.15, 0.2) is 71.3 Å². The number of hydrogen-bond acceptors (Lipinski definition) is 5.